The highest BCUT2D eigenvalue weighted by Gasteiger charge is 2.30. The van der Waals surface area contributed by atoms with Crippen molar-refractivity contribution < 1.29 is 9.90 Å². The molecule has 0 bridgehead atoms. The van der Waals surface area contributed by atoms with Gasteiger partial charge in [-0.1, -0.05) is 60.7 Å². The smallest absolute Gasteiger partial charge is 0.234 e. The van der Waals surface area contributed by atoms with Gasteiger partial charge < -0.3 is 10.4 Å². The van der Waals surface area contributed by atoms with Gasteiger partial charge in [-0.15, -0.1) is 0 Å². The third-order valence-corrected chi connectivity index (χ3v) is 5.83. The van der Waals surface area contributed by atoms with Crippen LogP contribution < -0.4 is 5.32 Å². The molecule has 1 amide bonds. The van der Waals surface area contributed by atoms with Crippen molar-refractivity contribution in [3.63, 3.8) is 0 Å². The zero-order chi connectivity index (χ0) is 19.1. The first-order valence-corrected chi connectivity index (χ1v) is 9.70. The highest BCUT2D eigenvalue weighted by molar-refractivity contribution is 5.84. The minimum Gasteiger partial charge on any atom is -0.508 e. The number of nitrogens with zero attached hydrogens (tertiary/aromatic N) is 1. The molecular formula is C24H22N2O2. The van der Waals surface area contributed by atoms with Crippen molar-refractivity contribution in [2.45, 2.75) is 19.0 Å². The lowest BCUT2D eigenvalue weighted by Gasteiger charge is -2.29. The van der Waals surface area contributed by atoms with Crippen molar-refractivity contribution in [3.05, 3.63) is 89.0 Å². The average molecular weight is 370 g/mol. The Labute approximate surface area is 164 Å². The number of hydrogen-bond acceptors (Lipinski definition) is 3. The fourth-order valence-corrected chi connectivity index (χ4v) is 4.47. The van der Waals surface area contributed by atoms with Gasteiger partial charge >= 0.3 is 0 Å². The van der Waals surface area contributed by atoms with Crippen LogP contribution in [-0.2, 0) is 17.8 Å². The molecule has 0 radical (unpaired) electrons. The second-order valence-corrected chi connectivity index (χ2v) is 7.55. The van der Waals surface area contributed by atoms with E-state index in [9.17, 15) is 9.90 Å². The van der Waals surface area contributed by atoms with Crippen molar-refractivity contribution in [1.29, 1.82) is 0 Å². The van der Waals surface area contributed by atoms with Crippen molar-refractivity contribution in [3.8, 4) is 16.9 Å². The molecule has 0 spiro atoms. The number of nitrogens with one attached hydrogen (secondary N) is 1. The van der Waals surface area contributed by atoms with Crippen molar-refractivity contribution in [2.75, 3.05) is 13.1 Å². The van der Waals surface area contributed by atoms with Crippen LogP contribution in [0.5, 0.6) is 5.75 Å². The molecule has 4 nitrogen and oxygen atoms in total. The second kappa shape index (κ2) is 6.80. The van der Waals surface area contributed by atoms with Gasteiger partial charge in [0.15, 0.2) is 0 Å². The number of hydrogen-bond donors (Lipinski definition) is 2. The summed E-state index contributed by atoms with van der Waals surface area (Å²) in [6.07, 6.45) is 0.853. The maximum absolute atomic E-state index is 12.9. The summed E-state index contributed by atoms with van der Waals surface area (Å²) in [6.45, 7) is 1.75. The van der Waals surface area contributed by atoms with Gasteiger partial charge in [0.25, 0.3) is 0 Å². The van der Waals surface area contributed by atoms with Gasteiger partial charge in [0.05, 0.1) is 12.6 Å². The molecule has 2 aliphatic rings. The molecule has 2 N–H and O–H groups in total. The Hall–Kier alpha value is -3.11. The maximum Gasteiger partial charge on any atom is 0.234 e. The highest BCUT2D eigenvalue weighted by atomic mass is 16.3. The number of aromatic hydroxyl groups is 1. The van der Waals surface area contributed by atoms with Crippen molar-refractivity contribution in [2.24, 2.45) is 0 Å². The monoisotopic (exact) mass is 370 g/mol. The molecule has 1 heterocycles. The van der Waals surface area contributed by atoms with Crippen LogP contribution in [0.1, 0.15) is 28.3 Å². The summed E-state index contributed by atoms with van der Waals surface area (Å²) >= 11 is 0. The Bertz CT molecular complexity index is 1010. The molecule has 0 atom stereocenters. The number of benzene rings is 3. The van der Waals surface area contributed by atoms with Crippen LogP contribution in [0.2, 0.25) is 0 Å². The zero-order valence-electron chi connectivity index (χ0n) is 15.6. The summed E-state index contributed by atoms with van der Waals surface area (Å²) in [6, 6.07) is 22.1. The predicted octanol–water partition coefficient (Wildman–Crippen LogP) is 3.64. The van der Waals surface area contributed by atoms with Crippen LogP contribution in [0.4, 0.5) is 0 Å². The van der Waals surface area contributed by atoms with E-state index in [-0.39, 0.29) is 11.9 Å². The van der Waals surface area contributed by atoms with Gasteiger partial charge in [-0.3, -0.25) is 9.69 Å². The molecule has 3 aromatic carbocycles. The lowest BCUT2D eigenvalue weighted by molar-refractivity contribution is -0.123. The van der Waals surface area contributed by atoms with E-state index in [4.69, 9.17) is 0 Å². The average Bonchev–Trinajstić information content (AvgIpc) is 3.03. The highest BCUT2D eigenvalue weighted by Crippen LogP contribution is 2.43. The van der Waals surface area contributed by atoms with Crippen molar-refractivity contribution >= 4 is 5.91 Å². The number of carbonyl (C=O) groups excluding carboxylic acids is 1. The van der Waals surface area contributed by atoms with E-state index in [2.05, 4.69) is 40.5 Å². The van der Waals surface area contributed by atoms with Gasteiger partial charge in [-0.2, -0.15) is 0 Å². The molecule has 5 rings (SSSR count). The largest absolute Gasteiger partial charge is 0.508 e. The molecule has 0 saturated carbocycles. The summed E-state index contributed by atoms with van der Waals surface area (Å²) in [5, 5.41) is 13.4. The first-order valence-electron chi connectivity index (χ1n) is 9.70. The Balaban J connectivity index is 1.34. The Morgan fingerprint density at radius 1 is 0.964 bits per heavy atom. The number of amides is 1. The lowest BCUT2D eigenvalue weighted by atomic mass is 9.99. The molecule has 140 valence electrons. The third kappa shape index (κ3) is 2.86. The number of phenols is 1. The van der Waals surface area contributed by atoms with E-state index < -0.39 is 0 Å². The first kappa shape index (κ1) is 17.0. The summed E-state index contributed by atoms with van der Waals surface area (Å²) in [5.74, 6) is 0.330. The molecule has 0 aromatic heterocycles. The Morgan fingerprint density at radius 3 is 2.36 bits per heavy atom. The summed E-state index contributed by atoms with van der Waals surface area (Å²) in [5.41, 5.74) is 6.81. The van der Waals surface area contributed by atoms with E-state index in [1.807, 2.05) is 30.3 Å². The van der Waals surface area contributed by atoms with Crippen LogP contribution in [0.25, 0.3) is 11.1 Å². The molecule has 28 heavy (non-hydrogen) atoms. The van der Waals surface area contributed by atoms with E-state index in [1.165, 1.54) is 16.7 Å². The quantitative estimate of drug-likeness (QED) is 0.740. The minimum absolute atomic E-state index is 0.00961. The van der Waals surface area contributed by atoms with Gasteiger partial charge in [0, 0.05) is 18.7 Å². The molecule has 1 aliphatic carbocycles. The molecule has 0 saturated heterocycles. The van der Waals surface area contributed by atoms with Crippen LogP contribution in [0.15, 0.2) is 66.7 Å². The van der Waals surface area contributed by atoms with Crippen LogP contribution in [-0.4, -0.2) is 29.0 Å². The van der Waals surface area contributed by atoms with Gasteiger partial charge in [0.1, 0.15) is 5.75 Å². The molecule has 0 fully saturated rings. The lowest BCUT2D eigenvalue weighted by Crippen LogP contribution is -2.41. The van der Waals surface area contributed by atoms with Gasteiger partial charge in [0.2, 0.25) is 5.91 Å². The van der Waals surface area contributed by atoms with Crippen LogP contribution in [0.3, 0.4) is 0 Å². The fraction of sp³-hybridized carbons (Fsp3) is 0.208. The predicted molar refractivity (Wildman–Crippen MR) is 109 cm³/mol. The van der Waals surface area contributed by atoms with E-state index in [0.29, 0.717) is 18.8 Å². The SMILES string of the molecule is O=C(CN1CCc2cccc(O)c2C1)NC1c2ccccc2-c2ccccc21. The molecule has 3 aromatic rings. The molecular weight excluding hydrogens is 348 g/mol. The molecule has 0 unspecified atom stereocenters. The minimum atomic E-state index is -0.106. The van der Waals surface area contributed by atoms with E-state index in [1.54, 1.807) is 6.07 Å². The number of phenolic OH excluding ortho intramolecular Hbond substituents is 1. The fourth-order valence-electron chi connectivity index (χ4n) is 4.47. The normalized spacial score (nSPS) is 15.6. The topological polar surface area (TPSA) is 52.6 Å². The third-order valence-electron chi connectivity index (χ3n) is 5.83. The van der Waals surface area contributed by atoms with Gasteiger partial charge in [-0.05, 0) is 40.3 Å². The first-order chi connectivity index (χ1) is 13.7. The van der Waals surface area contributed by atoms with E-state index in [0.717, 1.165) is 29.7 Å². The van der Waals surface area contributed by atoms with Crippen molar-refractivity contribution in [1.82, 2.24) is 10.2 Å². The van der Waals surface area contributed by atoms with Crippen LogP contribution >= 0.6 is 0 Å². The Morgan fingerprint density at radius 2 is 1.64 bits per heavy atom. The number of rotatable bonds is 3. The Kier molecular flexibility index (Phi) is 4.14. The van der Waals surface area contributed by atoms with Crippen LogP contribution in [0, 0.1) is 0 Å². The molecule has 1 aliphatic heterocycles. The standard InChI is InChI=1S/C24H22N2O2/c27-22-11-5-6-16-12-13-26(14-21(16)22)15-23(28)25-24-19-9-3-1-7-17(19)18-8-2-4-10-20(18)24/h1-11,24,27H,12-15H2,(H,25,28). The second-order valence-electron chi connectivity index (χ2n) is 7.55. The summed E-state index contributed by atoms with van der Waals surface area (Å²) in [7, 11) is 0. The van der Waals surface area contributed by atoms with E-state index >= 15 is 0 Å². The maximum atomic E-state index is 12.9. The zero-order valence-corrected chi connectivity index (χ0v) is 15.6. The molecule has 4 heteroatoms. The number of fused-ring (bicyclic) bond motifs is 4. The number of carbonyl (C=O) groups is 1. The summed E-state index contributed by atoms with van der Waals surface area (Å²) < 4.78 is 0. The van der Waals surface area contributed by atoms with Gasteiger partial charge in [-0.25, -0.2) is 0 Å². The summed E-state index contributed by atoms with van der Waals surface area (Å²) in [4.78, 5) is 15.0.